The van der Waals surface area contributed by atoms with Gasteiger partial charge in [0.15, 0.2) is 11.5 Å². The Morgan fingerprint density at radius 3 is 2.47 bits per heavy atom. The molecule has 0 spiro atoms. The molecule has 1 aromatic carbocycles. The highest BCUT2D eigenvalue weighted by Crippen LogP contribution is 2.44. The van der Waals surface area contributed by atoms with Gasteiger partial charge in [-0.2, -0.15) is 0 Å². The summed E-state index contributed by atoms with van der Waals surface area (Å²) in [6.45, 7) is 2.52. The molecule has 1 aromatic heterocycles. The Bertz CT molecular complexity index is 1140. The van der Waals surface area contributed by atoms with Crippen LogP contribution in [0.4, 0.5) is 0 Å². The number of nitrogens with zero attached hydrogens (tertiary/aromatic N) is 3. The summed E-state index contributed by atoms with van der Waals surface area (Å²) < 4.78 is 11.3. The van der Waals surface area contributed by atoms with Crippen LogP contribution in [0.5, 0.6) is 11.5 Å². The van der Waals surface area contributed by atoms with E-state index in [-0.39, 0.29) is 18.1 Å². The standard InChI is InChI=1S/C20H23N3O3.C5H6O5/c1-3-26-19-9-13-14-8-12(24)4-5-16(14)23-20(15(13)10-18(19)25-2)17-11-21-6-7-22-17;6-3(5(9)10)1-2-4(7)8/h6-7,9-12,14,16,24H,3-5,8H2,1-2H3;1-2H2,(H,7,8)(H,9,10)/t12-,14-,16-;/m1./s1. The van der Waals surface area contributed by atoms with Crippen molar-refractivity contribution in [3.8, 4) is 11.5 Å². The van der Waals surface area contributed by atoms with E-state index in [1.54, 1.807) is 25.7 Å². The van der Waals surface area contributed by atoms with Gasteiger partial charge in [0.25, 0.3) is 0 Å². The second kappa shape index (κ2) is 12.2. The van der Waals surface area contributed by atoms with Crippen molar-refractivity contribution in [2.75, 3.05) is 13.7 Å². The molecule has 0 radical (unpaired) electrons. The number of aliphatic carboxylic acids is 2. The summed E-state index contributed by atoms with van der Waals surface area (Å²) in [5, 5.41) is 26.2. The number of aliphatic imine (C=N–C) groups is 1. The molecule has 0 saturated heterocycles. The van der Waals surface area contributed by atoms with Crippen LogP contribution < -0.4 is 9.47 Å². The molecule has 3 atom stereocenters. The SMILES string of the molecule is CCOc1cc2c(cc1OC)C(c1cnccn1)=N[C@@H]1CC[C@@H](O)C[C@H]21.O=C(O)CCC(=O)C(=O)O. The first-order chi connectivity index (χ1) is 17.2. The molecule has 0 unspecified atom stereocenters. The van der Waals surface area contributed by atoms with Crippen LogP contribution in [0, 0.1) is 0 Å². The second-order valence-electron chi connectivity index (χ2n) is 8.35. The smallest absolute Gasteiger partial charge is 0.372 e. The number of ether oxygens (including phenoxy) is 2. The Morgan fingerprint density at radius 1 is 1.08 bits per heavy atom. The normalized spacial score (nSPS) is 20.0. The summed E-state index contributed by atoms with van der Waals surface area (Å²) >= 11 is 0. The number of hydrogen-bond acceptors (Lipinski definition) is 9. The highest BCUT2D eigenvalue weighted by atomic mass is 16.5. The van der Waals surface area contributed by atoms with Crippen LogP contribution in [-0.4, -0.2) is 74.6 Å². The minimum absolute atomic E-state index is 0.144. The molecule has 192 valence electrons. The van der Waals surface area contributed by atoms with E-state index >= 15 is 0 Å². The minimum Gasteiger partial charge on any atom is -0.493 e. The molecule has 1 saturated carbocycles. The van der Waals surface area contributed by atoms with Gasteiger partial charge in [-0.3, -0.25) is 24.5 Å². The predicted octanol–water partition coefficient (Wildman–Crippen LogP) is 2.24. The first-order valence-corrected chi connectivity index (χ1v) is 11.6. The molecule has 0 amide bonds. The molecule has 2 aromatic rings. The molecule has 36 heavy (non-hydrogen) atoms. The van der Waals surface area contributed by atoms with E-state index in [4.69, 9.17) is 24.7 Å². The van der Waals surface area contributed by atoms with Crippen LogP contribution in [0.3, 0.4) is 0 Å². The van der Waals surface area contributed by atoms with E-state index in [1.807, 2.05) is 13.0 Å². The molecule has 4 rings (SSSR count). The highest BCUT2D eigenvalue weighted by molar-refractivity contribution is 6.32. The number of methoxy groups -OCH3 is 1. The maximum absolute atomic E-state index is 10.2. The molecule has 2 heterocycles. The Balaban J connectivity index is 0.000000308. The number of Topliss-reactive ketones (excluding diaryl/α,β-unsaturated/α-hetero) is 1. The second-order valence-corrected chi connectivity index (χ2v) is 8.35. The molecule has 11 nitrogen and oxygen atoms in total. The van der Waals surface area contributed by atoms with Crippen molar-refractivity contribution in [3.05, 3.63) is 47.5 Å². The molecule has 0 bridgehead atoms. The topological polar surface area (TPSA) is 168 Å². The average molecular weight is 500 g/mol. The summed E-state index contributed by atoms with van der Waals surface area (Å²) in [5.74, 6) is -2.23. The zero-order valence-corrected chi connectivity index (χ0v) is 20.1. The van der Waals surface area contributed by atoms with Gasteiger partial charge in [-0.1, -0.05) is 0 Å². The molecule has 1 aliphatic heterocycles. The van der Waals surface area contributed by atoms with Crippen LogP contribution in [-0.2, 0) is 14.4 Å². The number of aliphatic hydroxyl groups excluding tert-OH is 1. The lowest BCUT2D eigenvalue weighted by atomic mass is 9.74. The van der Waals surface area contributed by atoms with E-state index in [9.17, 15) is 19.5 Å². The van der Waals surface area contributed by atoms with E-state index < -0.39 is 30.6 Å². The number of aromatic nitrogens is 2. The molecule has 11 heteroatoms. The van der Waals surface area contributed by atoms with Crippen molar-refractivity contribution >= 4 is 23.4 Å². The lowest BCUT2D eigenvalue weighted by molar-refractivity contribution is -0.149. The fraction of sp³-hybridized carbons (Fsp3) is 0.440. The highest BCUT2D eigenvalue weighted by Gasteiger charge is 2.37. The van der Waals surface area contributed by atoms with Gasteiger partial charge in [0.1, 0.15) is 5.69 Å². The van der Waals surface area contributed by atoms with E-state index in [0.717, 1.165) is 41.1 Å². The number of fused-ring (bicyclic) bond motifs is 3. The van der Waals surface area contributed by atoms with Crippen LogP contribution >= 0.6 is 0 Å². The third-order valence-corrected chi connectivity index (χ3v) is 5.98. The zero-order valence-electron chi connectivity index (χ0n) is 20.1. The number of carbonyl (C=O) groups excluding carboxylic acids is 1. The van der Waals surface area contributed by atoms with Gasteiger partial charge in [-0.05, 0) is 43.9 Å². The van der Waals surface area contributed by atoms with Crippen LogP contribution in [0.15, 0.2) is 35.7 Å². The predicted molar refractivity (Wildman–Crippen MR) is 128 cm³/mol. The summed E-state index contributed by atoms with van der Waals surface area (Å²) in [5.41, 5.74) is 3.73. The fourth-order valence-corrected chi connectivity index (χ4v) is 4.32. The van der Waals surface area contributed by atoms with Gasteiger partial charge in [0.2, 0.25) is 5.78 Å². The molecule has 2 aliphatic rings. The lowest BCUT2D eigenvalue weighted by Crippen LogP contribution is -2.34. The monoisotopic (exact) mass is 499 g/mol. The Hall–Kier alpha value is -3.86. The zero-order chi connectivity index (χ0) is 26.2. The van der Waals surface area contributed by atoms with Gasteiger partial charge >= 0.3 is 11.9 Å². The first kappa shape index (κ1) is 26.7. The Kier molecular flexibility index (Phi) is 9.07. The van der Waals surface area contributed by atoms with Crippen molar-refractivity contribution < 1.29 is 39.2 Å². The average Bonchev–Trinajstić information content (AvgIpc) is 2.87. The largest absolute Gasteiger partial charge is 0.493 e. The van der Waals surface area contributed by atoms with Crippen molar-refractivity contribution in [1.82, 2.24) is 9.97 Å². The number of benzene rings is 1. The minimum atomic E-state index is -1.58. The van der Waals surface area contributed by atoms with Gasteiger partial charge < -0.3 is 24.8 Å². The summed E-state index contributed by atoms with van der Waals surface area (Å²) in [7, 11) is 1.64. The van der Waals surface area contributed by atoms with Gasteiger partial charge in [-0.15, -0.1) is 0 Å². The first-order valence-electron chi connectivity index (χ1n) is 11.6. The van der Waals surface area contributed by atoms with Crippen molar-refractivity contribution in [1.29, 1.82) is 0 Å². The number of rotatable bonds is 8. The third kappa shape index (κ3) is 6.42. The van der Waals surface area contributed by atoms with E-state index in [1.165, 1.54) is 0 Å². The van der Waals surface area contributed by atoms with Crippen LogP contribution in [0.1, 0.15) is 61.8 Å². The Morgan fingerprint density at radius 2 is 1.86 bits per heavy atom. The number of ketones is 1. The Labute approximate surface area is 207 Å². The molecular formula is C25H29N3O8. The molecule has 3 N–H and O–H groups in total. The van der Waals surface area contributed by atoms with Gasteiger partial charge in [0.05, 0.1) is 44.2 Å². The quantitative estimate of drug-likeness (QED) is 0.458. The summed E-state index contributed by atoms with van der Waals surface area (Å²) in [4.78, 5) is 43.4. The maximum atomic E-state index is 10.2. The number of carboxylic acids is 2. The van der Waals surface area contributed by atoms with Crippen LogP contribution in [0.2, 0.25) is 0 Å². The van der Waals surface area contributed by atoms with Crippen molar-refractivity contribution in [3.63, 3.8) is 0 Å². The van der Waals surface area contributed by atoms with E-state index in [2.05, 4.69) is 16.0 Å². The van der Waals surface area contributed by atoms with Gasteiger partial charge in [0, 0.05) is 30.3 Å². The molecule has 1 fully saturated rings. The number of hydrogen-bond donors (Lipinski definition) is 3. The van der Waals surface area contributed by atoms with Crippen molar-refractivity contribution in [2.45, 2.75) is 57.1 Å². The van der Waals surface area contributed by atoms with Crippen LogP contribution in [0.25, 0.3) is 0 Å². The van der Waals surface area contributed by atoms with E-state index in [0.29, 0.717) is 18.8 Å². The summed E-state index contributed by atoms with van der Waals surface area (Å²) in [6, 6.07) is 4.18. The lowest BCUT2D eigenvalue weighted by Gasteiger charge is -2.37. The number of carbonyl (C=O) groups is 3. The molecular weight excluding hydrogens is 470 g/mol. The fourth-order valence-electron chi connectivity index (χ4n) is 4.32. The maximum Gasteiger partial charge on any atom is 0.372 e. The molecule has 1 aliphatic carbocycles. The van der Waals surface area contributed by atoms with Gasteiger partial charge in [-0.25, -0.2) is 4.79 Å². The van der Waals surface area contributed by atoms with Crippen molar-refractivity contribution in [2.24, 2.45) is 4.99 Å². The number of carboxylic acid groups (broad SMARTS) is 2. The number of aliphatic hydroxyl groups is 1. The summed E-state index contributed by atoms with van der Waals surface area (Å²) in [6.07, 6.45) is 6.29. The third-order valence-electron chi connectivity index (χ3n) is 5.98.